The maximum atomic E-state index is 13.4. The molecule has 2 aliphatic heterocycles. The van der Waals surface area contributed by atoms with E-state index >= 15 is 0 Å². The maximum Gasteiger partial charge on any atom is 0.150 e. The molecule has 0 amide bonds. The Kier molecular flexibility index (Phi) is 7.01. The van der Waals surface area contributed by atoms with Crippen LogP contribution in [0.1, 0.15) is 55.5 Å². The van der Waals surface area contributed by atoms with Crippen molar-refractivity contribution in [2.45, 2.75) is 46.0 Å². The topological polar surface area (TPSA) is 41.9 Å². The SMILES string of the molecule is CC1=C(c2cccc(O)c2)C(c2ccc(OCC(C)N3CCC(C)C3)cc2)Oc2ccc(CF)cc21. The summed E-state index contributed by atoms with van der Waals surface area (Å²) in [6, 6.07) is 21.1. The van der Waals surface area contributed by atoms with E-state index in [9.17, 15) is 9.50 Å². The lowest BCUT2D eigenvalue weighted by Crippen LogP contribution is -2.35. The van der Waals surface area contributed by atoms with Crippen LogP contribution in [0, 0.1) is 5.92 Å². The number of nitrogens with zero attached hydrogens (tertiary/aromatic N) is 1. The molecule has 36 heavy (non-hydrogen) atoms. The highest BCUT2D eigenvalue weighted by Gasteiger charge is 2.30. The zero-order valence-electron chi connectivity index (χ0n) is 21.2. The van der Waals surface area contributed by atoms with Gasteiger partial charge in [0, 0.05) is 23.7 Å². The average molecular weight is 488 g/mol. The van der Waals surface area contributed by atoms with Gasteiger partial charge in [-0.05, 0) is 91.4 Å². The van der Waals surface area contributed by atoms with Crippen molar-refractivity contribution in [2.75, 3.05) is 19.7 Å². The smallest absolute Gasteiger partial charge is 0.150 e. The van der Waals surface area contributed by atoms with Crippen LogP contribution in [0.3, 0.4) is 0 Å². The molecule has 3 unspecified atom stereocenters. The molecular weight excluding hydrogens is 453 g/mol. The van der Waals surface area contributed by atoms with Crippen LogP contribution in [0.2, 0.25) is 0 Å². The molecule has 3 atom stereocenters. The molecule has 0 saturated carbocycles. The number of hydrogen-bond acceptors (Lipinski definition) is 4. The molecule has 3 aromatic rings. The first-order valence-corrected chi connectivity index (χ1v) is 12.8. The van der Waals surface area contributed by atoms with Gasteiger partial charge in [0.05, 0.1) is 0 Å². The van der Waals surface area contributed by atoms with Gasteiger partial charge in [-0.1, -0.05) is 37.3 Å². The van der Waals surface area contributed by atoms with Crippen molar-refractivity contribution in [1.29, 1.82) is 0 Å². The zero-order chi connectivity index (χ0) is 25.2. The highest BCUT2D eigenvalue weighted by atomic mass is 19.1. The second kappa shape index (κ2) is 10.4. The van der Waals surface area contributed by atoms with Crippen molar-refractivity contribution in [1.82, 2.24) is 4.90 Å². The number of rotatable bonds is 7. The van der Waals surface area contributed by atoms with E-state index in [1.165, 1.54) is 6.42 Å². The number of halogens is 1. The summed E-state index contributed by atoms with van der Waals surface area (Å²) in [4.78, 5) is 2.50. The number of phenols is 1. The Morgan fingerprint density at radius 2 is 1.92 bits per heavy atom. The average Bonchev–Trinajstić information content (AvgIpc) is 3.33. The summed E-state index contributed by atoms with van der Waals surface area (Å²) in [7, 11) is 0. The van der Waals surface area contributed by atoms with Crippen molar-refractivity contribution in [2.24, 2.45) is 5.92 Å². The molecule has 5 rings (SSSR count). The van der Waals surface area contributed by atoms with E-state index in [2.05, 4.69) is 18.7 Å². The van der Waals surface area contributed by atoms with E-state index in [4.69, 9.17) is 9.47 Å². The number of ether oxygens (including phenoxy) is 2. The summed E-state index contributed by atoms with van der Waals surface area (Å²) in [6.45, 7) is 8.98. The van der Waals surface area contributed by atoms with Crippen LogP contribution in [0.5, 0.6) is 17.2 Å². The lowest BCUT2D eigenvalue weighted by atomic mass is 9.85. The first-order chi connectivity index (χ1) is 17.4. The van der Waals surface area contributed by atoms with Crippen LogP contribution in [0.15, 0.2) is 66.7 Å². The molecule has 5 heteroatoms. The van der Waals surface area contributed by atoms with Gasteiger partial charge in [0.15, 0.2) is 0 Å². The lowest BCUT2D eigenvalue weighted by Gasteiger charge is -2.31. The summed E-state index contributed by atoms with van der Waals surface area (Å²) in [5.41, 5.74) is 5.33. The van der Waals surface area contributed by atoms with Crippen LogP contribution in [-0.2, 0) is 6.67 Å². The summed E-state index contributed by atoms with van der Waals surface area (Å²) >= 11 is 0. The molecule has 4 nitrogen and oxygen atoms in total. The van der Waals surface area contributed by atoms with Gasteiger partial charge in [0.1, 0.15) is 36.6 Å². The van der Waals surface area contributed by atoms with E-state index in [0.29, 0.717) is 18.2 Å². The number of hydrogen-bond donors (Lipinski definition) is 1. The van der Waals surface area contributed by atoms with Gasteiger partial charge in [0.2, 0.25) is 0 Å². The number of allylic oxidation sites excluding steroid dienone is 1. The molecule has 3 aromatic carbocycles. The van der Waals surface area contributed by atoms with E-state index in [0.717, 1.165) is 58.3 Å². The van der Waals surface area contributed by atoms with Crippen LogP contribution < -0.4 is 9.47 Å². The van der Waals surface area contributed by atoms with Crippen molar-refractivity contribution >= 4 is 11.1 Å². The molecule has 1 saturated heterocycles. The fourth-order valence-corrected chi connectivity index (χ4v) is 5.29. The van der Waals surface area contributed by atoms with E-state index in [1.54, 1.807) is 18.2 Å². The predicted octanol–water partition coefficient (Wildman–Crippen LogP) is 7.04. The van der Waals surface area contributed by atoms with E-state index in [-0.39, 0.29) is 11.9 Å². The first-order valence-electron chi connectivity index (χ1n) is 12.8. The van der Waals surface area contributed by atoms with Gasteiger partial charge >= 0.3 is 0 Å². The number of fused-ring (bicyclic) bond motifs is 1. The predicted molar refractivity (Wildman–Crippen MR) is 142 cm³/mol. The molecule has 2 heterocycles. The lowest BCUT2D eigenvalue weighted by molar-refractivity contribution is 0.169. The Morgan fingerprint density at radius 1 is 1.11 bits per heavy atom. The third-order valence-corrected chi connectivity index (χ3v) is 7.42. The fraction of sp³-hybridized carbons (Fsp3) is 0.355. The Labute approximate surface area is 213 Å². The quantitative estimate of drug-likeness (QED) is 0.388. The summed E-state index contributed by atoms with van der Waals surface area (Å²) in [6.07, 6.45) is 0.891. The summed E-state index contributed by atoms with van der Waals surface area (Å²) in [5.74, 6) is 2.52. The Morgan fingerprint density at radius 3 is 2.61 bits per heavy atom. The van der Waals surface area contributed by atoms with Gasteiger partial charge in [-0.25, -0.2) is 4.39 Å². The van der Waals surface area contributed by atoms with Gasteiger partial charge in [-0.15, -0.1) is 0 Å². The van der Waals surface area contributed by atoms with E-state index < -0.39 is 6.67 Å². The zero-order valence-corrected chi connectivity index (χ0v) is 21.2. The van der Waals surface area contributed by atoms with Crippen LogP contribution in [0.4, 0.5) is 4.39 Å². The number of aromatic hydroxyl groups is 1. The molecule has 0 spiro atoms. The third kappa shape index (κ3) is 4.98. The normalized spacial score (nSPS) is 20.7. The van der Waals surface area contributed by atoms with Gasteiger partial charge in [0.25, 0.3) is 0 Å². The minimum atomic E-state index is -0.525. The van der Waals surface area contributed by atoms with Crippen LogP contribution in [0.25, 0.3) is 11.1 Å². The molecule has 0 aromatic heterocycles. The van der Waals surface area contributed by atoms with Gasteiger partial charge in [-0.2, -0.15) is 0 Å². The van der Waals surface area contributed by atoms with Crippen LogP contribution >= 0.6 is 0 Å². The summed E-state index contributed by atoms with van der Waals surface area (Å²) in [5, 5.41) is 10.2. The number of phenolic OH excluding ortho intramolecular Hbond substituents is 1. The van der Waals surface area contributed by atoms with E-state index in [1.807, 2.05) is 55.5 Å². The molecular formula is C31H34FNO3. The third-order valence-electron chi connectivity index (χ3n) is 7.42. The molecule has 2 aliphatic rings. The van der Waals surface area contributed by atoms with Gasteiger partial charge < -0.3 is 14.6 Å². The molecule has 0 radical (unpaired) electrons. The van der Waals surface area contributed by atoms with Crippen LogP contribution in [-0.4, -0.2) is 35.7 Å². The van der Waals surface area contributed by atoms with Crippen molar-refractivity contribution < 1.29 is 19.0 Å². The largest absolute Gasteiger partial charge is 0.508 e. The number of alkyl halides is 1. The molecule has 1 fully saturated rings. The number of benzene rings is 3. The number of likely N-dealkylation sites (tertiary alicyclic amines) is 1. The first kappa shape index (κ1) is 24.4. The monoisotopic (exact) mass is 487 g/mol. The standard InChI is InChI=1S/C31H34FNO3/c1-20-13-14-33(18-20)21(2)19-35-27-10-8-24(9-11-27)31-30(25-5-4-6-26(34)16-25)22(3)28-15-23(17-32)7-12-29(28)36-31/h4-12,15-16,20-21,31,34H,13-14,17-19H2,1-3H3. The highest BCUT2D eigenvalue weighted by Crippen LogP contribution is 2.47. The Hall–Kier alpha value is -3.31. The molecule has 188 valence electrons. The minimum absolute atomic E-state index is 0.195. The molecule has 0 aliphatic carbocycles. The van der Waals surface area contributed by atoms with Gasteiger partial charge in [-0.3, -0.25) is 4.90 Å². The minimum Gasteiger partial charge on any atom is -0.508 e. The second-order valence-electron chi connectivity index (χ2n) is 10.2. The molecule has 0 bridgehead atoms. The second-order valence-corrected chi connectivity index (χ2v) is 10.2. The fourth-order valence-electron chi connectivity index (χ4n) is 5.29. The van der Waals surface area contributed by atoms with Crippen molar-refractivity contribution in [3.05, 3.63) is 89.0 Å². The summed E-state index contributed by atoms with van der Waals surface area (Å²) < 4.78 is 26.0. The van der Waals surface area contributed by atoms with Crippen molar-refractivity contribution in [3.8, 4) is 17.2 Å². The Bertz CT molecular complexity index is 1250. The van der Waals surface area contributed by atoms with Crippen molar-refractivity contribution in [3.63, 3.8) is 0 Å². The molecule has 1 N–H and O–H groups in total. The Balaban J connectivity index is 1.41. The highest BCUT2D eigenvalue weighted by molar-refractivity contribution is 5.95. The maximum absolute atomic E-state index is 13.4.